The standard InChI is InChI=1S/C14H18N4OS/c19-14-13-11(3-6-20-13)16-12(17-14)8-18-5-2-10-9(7-18)1-4-15-10/h3,6,9-10,15H,1-2,4-5,7-8H2,(H,16,17,19). The van der Waals surface area contributed by atoms with E-state index in [0.29, 0.717) is 6.04 Å². The van der Waals surface area contributed by atoms with Crippen LogP contribution in [-0.4, -0.2) is 40.5 Å². The van der Waals surface area contributed by atoms with Gasteiger partial charge in [0.2, 0.25) is 0 Å². The molecule has 2 N–H and O–H groups in total. The number of rotatable bonds is 2. The molecule has 0 aromatic carbocycles. The van der Waals surface area contributed by atoms with E-state index in [1.807, 2.05) is 11.4 Å². The summed E-state index contributed by atoms with van der Waals surface area (Å²) in [5.41, 5.74) is 0.823. The Kier molecular flexibility index (Phi) is 3.09. The number of nitrogens with zero attached hydrogens (tertiary/aromatic N) is 2. The van der Waals surface area contributed by atoms with Crippen molar-refractivity contribution in [3.8, 4) is 0 Å². The van der Waals surface area contributed by atoms with Gasteiger partial charge in [-0.05, 0) is 36.8 Å². The van der Waals surface area contributed by atoms with Crippen LogP contribution in [0.25, 0.3) is 10.2 Å². The van der Waals surface area contributed by atoms with E-state index in [0.717, 1.165) is 48.1 Å². The molecule has 2 aliphatic rings. The molecular formula is C14H18N4OS. The monoisotopic (exact) mass is 290 g/mol. The van der Waals surface area contributed by atoms with Crippen molar-refractivity contribution >= 4 is 21.6 Å². The van der Waals surface area contributed by atoms with Gasteiger partial charge in [0.05, 0.1) is 12.1 Å². The Hall–Kier alpha value is -1.24. The molecule has 4 heterocycles. The highest BCUT2D eigenvalue weighted by atomic mass is 32.1. The molecule has 106 valence electrons. The van der Waals surface area contributed by atoms with Crippen molar-refractivity contribution in [3.05, 3.63) is 27.6 Å². The molecule has 4 rings (SSSR count). The second kappa shape index (κ2) is 4.95. The molecule has 0 radical (unpaired) electrons. The van der Waals surface area contributed by atoms with E-state index in [9.17, 15) is 4.79 Å². The average Bonchev–Trinajstić information content (AvgIpc) is 3.06. The van der Waals surface area contributed by atoms with E-state index in [2.05, 4.69) is 20.2 Å². The van der Waals surface area contributed by atoms with E-state index in [-0.39, 0.29) is 5.56 Å². The Morgan fingerprint density at radius 3 is 3.35 bits per heavy atom. The minimum absolute atomic E-state index is 0.00239. The highest BCUT2D eigenvalue weighted by Gasteiger charge is 2.32. The quantitative estimate of drug-likeness (QED) is 0.871. The topological polar surface area (TPSA) is 61.0 Å². The van der Waals surface area contributed by atoms with Crippen LogP contribution in [0, 0.1) is 5.92 Å². The number of fused-ring (bicyclic) bond motifs is 2. The first-order chi connectivity index (χ1) is 9.79. The van der Waals surface area contributed by atoms with Gasteiger partial charge in [0, 0.05) is 19.1 Å². The molecule has 20 heavy (non-hydrogen) atoms. The van der Waals surface area contributed by atoms with Crippen LogP contribution in [0.5, 0.6) is 0 Å². The molecule has 2 fully saturated rings. The maximum Gasteiger partial charge on any atom is 0.268 e. The number of hydrogen-bond acceptors (Lipinski definition) is 5. The summed E-state index contributed by atoms with van der Waals surface area (Å²) in [7, 11) is 0. The predicted molar refractivity (Wildman–Crippen MR) is 80.0 cm³/mol. The Bertz CT molecular complexity index is 679. The van der Waals surface area contributed by atoms with Crippen molar-refractivity contribution in [2.45, 2.75) is 25.4 Å². The van der Waals surface area contributed by atoms with Crippen molar-refractivity contribution in [2.24, 2.45) is 5.92 Å². The van der Waals surface area contributed by atoms with Crippen molar-refractivity contribution in [1.82, 2.24) is 20.2 Å². The third kappa shape index (κ3) is 2.17. The first-order valence-corrected chi connectivity index (χ1v) is 8.10. The van der Waals surface area contributed by atoms with Crippen LogP contribution in [0.4, 0.5) is 0 Å². The second-order valence-electron chi connectivity index (χ2n) is 5.78. The van der Waals surface area contributed by atoms with E-state index >= 15 is 0 Å². The van der Waals surface area contributed by atoms with Crippen LogP contribution in [-0.2, 0) is 6.54 Å². The van der Waals surface area contributed by atoms with Gasteiger partial charge in [-0.1, -0.05) is 0 Å². The van der Waals surface area contributed by atoms with Crippen LogP contribution in [0.2, 0.25) is 0 Å². The molecule has 0 spiro atoms. The fraction of sp³-hybridized carbons (Fsp3) is 0.571. The summed E-state index contributed by atoms with van der Waals surface area (Å²) in [6.45, 7) is 4.10. The molecule has 0 amide bonds. The lowest BCUT2D eigenvalue weighted by Gasteiger charge is -2.34. The lowest BCUT2D eigenvalue weighted by atomic mass is 9.93. The van der Waals surface area contributed by atoms with E-state index < -0.39 is 0 Å². The zero-order chi connectivity index (χ0) is 13.5. The highest BCUT2D eigenvalue weighted by molar-refractivity contribution is 7.17. The van der Waals surface area contributed by atoms with E-state index in [4.69, 9.17) is 0 Å². The summed E-state index contributed by atoms with van der Waals surface area (Å²) in [6, 6.07) is 2.63. The lowest BCUT2D eigenvalue weighted by molar-refractivity contribution is 0.153. The van der Waals surface area contributed by atoms with E-state index in [1.54, 1.807) is 0 Å². The number of likely N-dealkylation sites (tertiary alicyclic amines) is 1. The molecule has 0 saturated carbocycles. The molecule has 2 aromatic rings. The van der Waals surface area contributed by atoms with Crippen molar-refractivity contribution in [1.29, 1.82) is 0 Å². The fourth-order valence-corrected chi connectivity index (χ4v) is 4.20. The summed E-state index contributed by atoms with van der Waals surface area (Å²) in [5.74, 6) is 1.56. The first kappa shape index (κ1) is 12.5. The fourth-order valence-electron chi connectivity index (χ4n) is 3.47. The summed E-state index contributed by atoms with van der Waals surface area (Å²) in [5, 5.41) is 5.50. The molecule has 2 aliphatic heterocycles. The third-order valence-corrected chi connectivity index (χ3v) is 5.38. The number of hydrogen-bond donors (Lipinski definition) is 2. The zero-order valence-electron chi connectivity index (χ0n) is 11.3. The average molecular weight is 290 g/mol. The minimum atomic E-state index is -0.00239. The largest absolute Gasteiger partial charge is 0.314 e. The zero-order valence-corrected chi connectivity index (χ0v) is 12.1. The Labute approximate surface area is 121 Å². The van der Waals surface area contributed by atoms with Crippen LogP contribution in [0.1, 0.15) is 18.7 Å². The molecule has 6 heteroatoms. The molecule has 0 aliphatic carbocycles. The van der Waals surface area contributed by atoms with Gasteiger partial charge >= 0.3 is 0 Å². The second-order valence-corrected chi connectivity index (χ2v) is 6.70. The normalized spacial score (nSPS) is 27.0. The SMILES string of the molecule is O=c1[nH]c(CN2CCC3NCCC3C2)nc2ccsc12. The number of thiophene rings is 1. The van der Waals surface area contributed by atoms with E-state index in [1.165, 1.54) is 24.2 Å². The van der Waals surface area contributed by atoms with Crippen molar-refractivity contribution in [3.63, 3.8) is 0 Å². The van der Waals surface area contributed by atoms with Crippen molar-refractivity contribution in [2.75, 3.05) is 19.6 Å². The highest BCUT2D eigenvalue weighted by Crippen LogP contribution is 2.25. The molecule has 2 saturated heterocycles. The molecule has 2 atom stereocenters. The van der Waals surface area contributed by atoms with Gasteiger partial charge in [-0.3, -0.25) is 9.69 Å². The van der Waals surface area contributed by atoms with Gasteiger partial charge in [-0.2, -0.15) is 0 Å². The van der Waals surface area contributed by atoms with Gasteiger partial charge in [0.1, 0.15) is 10.5 Å². The van der Waals surface area contributed by atoms with Crippen LogP contribution in [0.15, 0.2) is 16.2 Å². The first-order valence-electron chi connectivity index (χ1n) is 7.22. The summed E-state index contributed by atoms with van der Waals surface area (Å²) in [4.78, 5) is 21.9. The van der Waals surface area contributed by atoms with Gasteiger partial charge in [-0.15, -0.1) is 11.3 Å². The minimum Gasteiger partial charge on any atom is -0.314 e. The van der Waals surface area contributed by atoms with Gasteiger partial charge < -0.3 is 10.3 Å². The maximum absolute atomic E-state index is 12.0. The summed E-state index contributed by atoms with van der Waals surface area (Å²) >= 11 is 1.45. The summed E-state index contributed by atoms with van der Waals surface area (Å²) in [6.07, 6.45) is 2.48. The Balaban J connectivity index is 1.54. The smallest absolute Gasteiger partial charge is 0.268 e. The number of nitrogens with one attached hydrogen (secondary N) is 2. The Morgan fingerprint density at radius 1 is 1.45 bits per heavy atom. The lowest BCUT2D eigenvalue weighted by Crippen LogP contribution is -2.44. The molecule has 0 bridgehead atoms. The van der Waals surface area contributed by atoms with Gasteiger partial charge in [0.15, 0.2) is 0 Å². The molecule has 2 aromatic heterocycles. The van der Waals surface area contributed by atoms with Crippen LogP contribution >= 0.6 is 11.3 Å². The van der Waals surface area contributed by atoms with Crippen LogP contribution < -0.4 is 10.9 Å². The third-order valence-electron chi connectivity index (χ3n) is 4.48. The predicted octanol–water partition coefficient (Wildman–Crippen LogP) is 1.17. The van der Waals surface area contributed by atoms with Gasteiger partial charge in [0.25, 0.3) is 5.56 Å². The number of H-pyrrole nitrogens is 1. The van der Waals surface area contributed by atoms with Crippen LogP contribution in [0.3, 0.4) is 0 Å². The molecular weight excluding hydrogens is 272 g/mol. The molecule has 2 unspecified atom stereocenters. The summed E-state index contributed by atoms with van der Waals surface area (Å²) < 4.78 is 0.729. The van der Waals surface area contributed by atoms with Gasteiger partial charge in [-0.25, -0.2) is 4.98 Å². The Morgan fingerprint density at radius 2 is 2.40 bits per heavy atom. The number of aromatic nitrogens is 2. The number of aromatic amines is 1. The van der Waals surface area contributed by atoms with Crippen molar-refractivity contribution < 1.29 is 0 Å². The maximum atomic E-state index is 12.0. The number of piperidine rings is 1. The molecule has 5 nitrogen and oxygen atoms in total.